The van der Waals surface area contributed by atoms with Crippen LogP contribution in [0.4, 0.5) is 0 Å². The van der Waals surface area contributed by atoms with Crippen LogP contribution in [0.5, 0.6) is 0 Å². The fourth-order valence-corrected chi connectivity index (χ4v) is 3.45. The zero-order valence-corrected chi connectivity index (χ0v) is 13.1. The standard InChI is InChI=1S/C17H28O2/c1-6-12-13(7-2)15(9-4)16(14(12)8-3)11-17(18)19-10-5/h12H,6-11H2,1-5H3. The molecular weight excluding hydrogens is 236 g/mol. The molecule has 1 unspecified atom stereocenters. The molecule has 0 saturated heterocycles. The summed E-state index contributed by atoms with van der Waals surface area (Å²) in [5.74, 6) is 0.482. The van der Waals surface area contributed by atoms with Gasteiger partial charge in [-0.15, -0.1) is 0 Å². The first-order valence-electron chi connectivity index (χ1n) is 7.74. The molecule has 0 fully saturated rings. The molecule has 0 amide bonds. The first kappa shape index (κ1) is 16.0. The fraction of sp³-hybridized carbons (Fsp3) is 0.706. The van der Waals surface area contributed by atoms with Crippen molar-refractivity contribution in [3.05, 3.63) is 22.3 Å². The minimum Gasteiger partial charge on any atom is -0.466 e. The maximum Gasteiger partial charge on any atom is 0.310 e. The van der Waals surface area contributed by atoms with Crippen molar-refractivity contribution in [2.45, 2.75) is 66.7 Å². The van der Waals surface area contributed by atoms with Crippen LogP contribution >= 0.6 is 0 Å². The van der Waals surface area contributed by atoms with Gasteiger partial charge in [-0.1, -0.05) is 38.8 Å². The third-order valence-corrected chi connectivity index (χ3v) is 4.13. The fourth-order valence-electron chi connectivity index (χ4n) is 3.45. The molecule has 0 aromatic carbocycles. The van der Waals surface area contributed by atoms with E-state index in [0.717, 1.165) is 25.7 Å². The van der Waals surface area contributed by atoms with E-state index < -0.39 is 0 Å². The van der Waals surface area contributed by atoms with Crippen LogP contribution in [-0.4, -0.2) is 12.6 Å². The normalized spacial score (nSPS) is 19.3. The number of carbonyl (C=O) groups excluding carboxylic acids is 1. The van der Waals surface area contributed by atoms with Crippen molar-refractivity contribution in [2.75, 3.05) is 6.61 Å². The Bertz CT molecular complexity index is 388. The van der Waals surface area contributed by atoms with Crippen molar-refractivity contribution in [2.24, 2.45) is 5.92 Å². The van der Waals surface area contributed by atoms with Crippen LogP contribution in [0.2, 0.25) is 0 Å². The smallest absolute Gasteiger partial charge is 0.310 e. The van der Waals surface area contributed by atoms with Crippen LogP contribution < -0.4 is 0 Å². The van der Waals surface area contributed by atoms with Crippen molar-refractivity contribution >= 4 is 5.97 Å². The first-order chi connectivity index (χ1) is 9.14. The lowest BCUT2D eigenvalue weighted by Gasteiger charge is -2.16. The van der Waals surface area contributed by atoms with Crippen LogP contribution in [0.1, 0.15) is 66.7 Å². The van der Waals surface area contributed by atoms with E-state index in [1.54, 1.807) is 5.57 Å². The highest BCUT2D eigenvalue weighted by atomic mass is 16.5. The Balaban J connectivity index is 3.11. The van der Waals surface area contributed by atoms with Gasteiger partial charge in [0, 0.05) is 5.92 Å². The predicted octanol–water partition coefficient (Wildman–Crippen LogP) is 4.80. The van der Waals surface area contributed by atoms with E-state index >= 15 is 0 Å². The maximum absolute atomic E-state index is 11.8. The summed E-state index contributed by atoms with van der Waals surface area (Å²) in [5.41, 5.74) is 5.75. The molecule has 19 heavy (non-hydrogen) atoms. The molecule has 0 aromatic rings. The van der Waals surface area contributed by atoms with E-state index in [0.29, 0.717) is 18.9 Å². The van der Waals surface area contributed by atoms with Gasteiger partial charge < -0.3 is 4.74 Å². The Kier molecular flexibility index (Phi) is 6.33. The summed E-state index contributed by atoms with van der Waals surface area (Å²) in [6, 6.07) is 0. The zero-order valence-electron chi connectivity index (χ0n) is 13.1. The third kappa shape index (κ3) is 3.29. The average Bonchev–Trinajstić information content (AvgIpc) is 2.70. The van der Waals surface area contributed by atoms with E-state index in [-0.39, 0.29) is 5.97 Å². The number of allylic oxidation sites excluding steroid dienone is 3. The second-order valence-corrected chi connectivity index (χ2v) is 5.01. The predicted molar refractivity (Wildman–Crippen MR) is 80.0 cm³/mol. The number of ether oxygens (including phenoxy) is 1. The molecule has 0 bridgehead atoms. The molecule has 1 aliphatic rings. The molecule has 1 rings (SSSR count). The Morgan fingerprint density at radius 2 is 1.53 bits per heavy atom. The summed E-state index contributed by atoms with van der Waals surface area (Å²) >= 11 is 0. The summed E-state index contributed by atoms with van der Waals surface area (Å²) in [6.07, 6.45) is 4.76. The van der Waals surface area contributed by atoms with Crippen LogP contribution in [0.15, 0.2) is 22.3 Å². The molecule has 2 heteroatoms. The highest BCUT2D eigenvalue weighted by Gasteiger charge is 2.30. The van der Waals surface area contributed by atoms with Gasteiger partial charge in [-0.2, -0.15) is 0 Å². The van der Waals surface area contributed by atoms with E-state index in [4.69, 9.17) is 4.74 Å². The Labute approximate surface area is 117 Å². The molecule has 0 heterocycles. The molecule has 1 aliphatic carbocycles. The van der Waals surface area contributed by atoms with Gasteiger partial charge in [0.05, 0.1) is 13.0 Å². The van der Waals surface area contributed by atoms with E-state index in [2.05, 4.69) is 27.7 Å². The third-order valence-electron chi connectivity index (χ3n) is 4.13. The molecule has 0 aromatic heterocycles. The second-order valence-electron chi connectivity index (χ2n) is 5.01. The van der Waals surface area contributed by atoms with Crippen molar-refractivity contribution in [3.8, 4) is 0 Å². The van der Waals surface area contributed by atoms with Gasteiger partial charge in [0.15, 0.2) is 0 Å². The molecule has 0 radical (unpaired) electrons. The van der Waals surface area contributed by atoms with Crippen LogP contribution in [0, 0.1) is 5.92 Å². The summed E-state index contributed by atoms with van der Waals surface area (Å²) in [6.45, 7) is 11.2. The van der Waals surface area contributed by atoms with Crippen molar-refractivity contribution in [1.29, 1.82) is 0 Å². The molecule has 2 nitrogen and oxygen atoms in total. The van der Waals surface area contributed by atoms with Crippen LogP contribution in [-0.2, 0) is 9.53 Å². The summed E-state index contributed by atoms with van der Waals surface area (Å²) in [7, 11) is 0. The van der Waals surface area contributed by atoms with E-state index in [1.165, 1.54) is 16.7 Å². The van der Waals surface area contributed by atoms with Gasteiger partial charge in [-0.05, 0) is 43.8 Å². The molecule has 108 valence electrons. The number of carbonyl (C=O) groups is 1. The minimum atomic E-state index is -0.0818. The Morgan fingerprint density at radius 3 is 1.95 bits per heavy atom. The van der Waals surface area contributed by atoms with Gasteiger partial charge in [0.1, 0.15) is 0 Å². The summed E-state index contributed by atoms with van der Waals surface area (Å²) in [4.78, 5) is 11.8. The maximum atomic E-state index is 11.8. The van der Waals surface area contributed by atoms with Gasteiger partial charge >= 0.3 is 5.97 Å². The monoisotopic (exact) mass is 264 g/mol. The quantitative estimate of drug-likeness (QED) is 0.617. The van der Waals surface area contributed by atoms with Gasteiger partial charge in [0.25, 0.3) is 0 Å². The topological polar surface area (TPSA) is 26.3 Å². The van der Waals surface area contributed by atoms with Crippen LogP contribution in [0.25, 0.3) is 0 Å². The lowest BCUT2D eigenvalue weighted by atomic mass is 9.89. The first-order valence-corrected chi connectivity index (χ1v) is 7.74. The molecular formula is C17H28O2. The molecule has 1 atom stereocenters. The highest BCUT2D eigenvalue weighted by molar-refractivity contribution is 5.75. The van der Waals surface area contributed by atoms with Gasteiger partial charge in [-0.3, -0.25) is 4.79 Å². The van der Waals surface area contributed by atoms with Gasteiger partial charge in [0.2, 0.25) is 0 Å². The number of rotatable bonds is 7. The largest absolute Gasteiger partial charge is 0.466 e. The molecule has 0 spiro atoms. The van der Waals surface area contributed by atoms with E-state index in [9.17, 15) is 4.79 Å². The Hall–Kier alpha value is -1.05. The minimum absolute atomic E-state index is 0.0818. The molecule has 0 N–H and O–H groups in total. The lowest BCUT2D eigenvalue weighted by molar-refractivity contribution is -0.142. The SMILES string of the molecule is CCOC(=O)CC1=C(CC)C(CC)C(CC)=C1CC. The van der Waals surface area contributed by atoms with Gasteiger partial charge in [-0.25, -0.2) is 0 Å². The number of hydrogen-bond donors (Lipinski definition) is 0. The number of hydrogen-bond acceptors (Lipinski definition) is 2. The molecule has 0 saturated carbocycles. The summed E-state index contributed by atoms with van der Waals surface area (Å²) < 4.78 is 5.13. The van der Waals surface area contributed by atoms with Crippen molar-refractivity contribution in [3.63, 3.8) is 0 Å². The number of esters is 1. The lowest BCUT2D eigenvalue weighted by Crippen LogP contribution is -2.07. The zero-order chi connectivity index (χ0) is 14.4. The summed E-state index contributed by atoms with van der Waals surface area (Å²) in [5, 5.41) is 0. The Morgan fingerprint density at radius 1 is 0.947 bits per heavy atom. The second kappa shape index (κ2) is 7.52. The van der Waals surface area contributed by atoms with Crippen molar-refractivity contribution < 1.29 is 9.53 Å². The molecule has 0 aliphatic heterocycles. The van der Waals surface area contributed by atoms with E-state index in [1.807, 2.05) is 6.92 Å². The van der Waals surface area contributed by atoms with Crippen LogP contribution in [0.3, 0.4) is 0 Å². The highest BCUT2D eigenvalue weighted by Crippen LogP contribution is 2.44. The van der Waals surface area contributed by atoms with Crippen molar-refractivity contribution in [1.82, 2.24) is 0 Å². The average molecular weight is 264 g/mol.